The SMILES string of the molecule is CC(=O)OC(C)CCC=C(C)CO. The number of rotatable bonds is 5. The summed E-state index contributed by atoms with van der Waals surface area (Å²) in [6, 6.07) is 0. The third kappa shape index (κ3) is 7.53. The van der Waals surface area contributed by atoms with Crippen LogP contribution in [-0.2, 0) is 9.53 Å². The number of allylic oxidation sites excluding steroid dienone is 1. The highest BCUT2D eigenvalue weighted by Gasteiger charge is 2.03. The van der Waals surface area contributed by atoms with Gasteiger partial charge in [0.05, 0.1) is 12.7 Å². The largest absolute Gasteiger partial charge is 0.463 e. The van der Waals surface area contributed by atoms with Crippen LogP contribution in [0.3, 0.4) is 0 Å². The number of hydrogen-bond donors (Lipinski definition) is 1. The smallest absolute Gasteiger partial charge is 0.302 e. The molecule has 0 aromatic carbocycles. The number of aliphatic hydroxyl groups excluding tert-OH is 1. The summed E-state index contributed by atoms with van der Waals surface area (Å²) < 4.78 is 4.93. The zero-order chi connectivity index (χ0) is 10.3. The Hall–Kier alpha value is -0.830. The van der Waals surface area contributed by atoms with Crippen molar-refractivity contribution in [1.29, 1.82) is 0 Å². The molecule has 0 heterocycles. The first-order valence-electron chi connectivity index (χ1n) is 4.50. The fraction of sp³-hybridized carbons (Fsp3) is 0.700. The maximum Gasteiger partial charge on any atom is 0.302 e. The summed E-state index contributed by atoms with van der Waals surface area (Å²) in [5, 5.41) is 8.69. The van der Waals surface area contributed by atoms with E-state index in [1.54, 1.807) is 0 Å². The summed E-state index contributed by atoms with van der Waals surface area (Å²) in [6.45, 7) is 5.24. The van der Waals surface area contributed by atoms with Gasteiger partial charge in [-0.25, -0.2) is 0 Å². The maximum atomic E-state index is 10.5. The van der Waals surface area contributed by atoms with Gasteiger partial charge in [0.25, 0.3) is 0 Å². The van der Waals surface area contributed by atoms with Crippen molar-refractivity contribution in [3.05, 3.63) is 11.6 Å². The Balaban J connectivity index is 3.58. The van der Waals surface area contributed by atoms with Gasteiger partial charge in [0.15, 0.2) is 0 Å². The minimum Gasteiger partial charge on any atom is -0.463 e. The lowest BCUT2D eigenvalue weighted by atomic mass is 10.1. The first-order chi connectivity index (χ1) is 6.06. The maximum absolute atomic E-state index is 10.5. The number of esters is 1. The van der Waals surface area contributed by atoms with Crippen LogP contribution in [-0.4, -0.2) is 23.8 Å². The van der Waals surface area contributed by atoms with Gasteiger partial charge < -0.3 is 9.84 Å². The minimum absolute atomic E-state index is 0.0414. The molecule has 0 aromatic heterocycles. The topological polar surface area (TPSA) is 46.5 Å². The Labute approximate surface area is 79.4 Å². The van der Waals surface area contributed by atoms with E-state index in [4.69, 9.17) is 9.84 Å². The molecule has 3 heteroatoms. The van der Waals surface area contributed by atoms with Gasteiger partial charge in [-0.3, -0.25) is 4.79 Å². The van der Waals surface area contributed by atoms with E-state index in [2.05, 4.69) is 0 Å². The first kappa shape index (κ1) is 12.2. The van der Waals surface area contributed by atoms with E-state index in [-0.39, 0.29) is 18.7 Å². The van der Waals surface area contributed by atoms with E-state index < -0.39 is 0 Å². The second-order valence-corrected chi connectivity index (χ2v) is 3.21. The predicted molar refractivity (Wildman–Crippen MR) is 51.3 cm³/mol. The number of carbonyl (C=O) groups is 1. The standard InChI is InChI=1S/C10H18O3/c1-8(7-11)5-4-6-9(2)13-10(3)12/h5,9,11H,4,6-7H2,1-3H3. The zero-order valence-electron chi connectivity index (χ0n) is 8.54. The molecule has 0 amide bonds. The van der Waals surface area contributed by atoms with E-state index in [1.807, 2.05) is 19.9 Å². The molecule has 0 aromatic rings. The van der Waals surface area contributed by atoms with Gasteiger partial charge in [-0.15, -0.1) is 0 Å². The minimum atomic E-state index is -0.240. The van der Waals surface area contributed by atoms with Crippen molar-refractivity contribution in [3.8, 4) is 0 Å². The average Bonchev–Trinajstić information content (AvgIpc) is 2.02. The molecule has 0 aliphatic rings. The summed E-state index contributed by atoms with van der Waals surface area (Å²) in [5.41, 5.74) is 0.954. The van der Waals surface area contributed by atoms with Crippen LogP contribution in [0.5, 0.6) is 0 Å². The van der Waals surface area contributed by atoms with Crippen LogP contribution in [0.25, 0.3) is 0 Å². The molecule has 0 aliphatic carbocycles. The quantitative estimate of drug-likeness (QED) is 0.524. The van der Waals surface area contributed by atoms with E-state index >= 15 is 0 Å². The van der Waals surface area contributed by atoms with E-state index in [9.17, 15) is 4.79 Å². The Morgan fingerprint density at radius 3 is 2.62 bits per heavy atom. The molecule has 1 atom stereocenters. The number of hydrogen-bond acceptors (Lipinski definition) is 3. The molecule has 0 fully saturated rings. The first-order valence-corrected chi connectivity index (χ1v) is 4.50. The van der Waals surface area contributed by atoms with Crippen LogP contribution in [0.2, 0.25) is 0 Å². The molecule has 0 saturated heterocycles. The molecule has 1 unspecified atom stereocenters. The Morgan fingerprint density at radius 2 is 2.15 bits per heavy atom. The lowest BCUT2D eigenvalue weighted by Gasteiger charge is -2.09. The molecule has 0 aliphatic heterocycles. The number of ether oxygens (including phenoxy) is 1. The van der Waals surface area contributed by atoms with Crippen molar-refractivity contribution >= 4 is 5.97 Å². The Morgan fingerprint density at radius 1 is 1.54 bits per heavy atom. The second kappa shape index (κ2) is 6.66. The summed E-state index contributed by atoms with van der Waals surface area (Å²) in [7, 11) is 0. The highest BCUT2D eigenvalue weighted by atomic mass is 16.5. The van der Waals surface area contributed by atoms with Crippen LogP contribution in [0.4, 0.5) is 0 Å². The van der Waals surface area contributed by atoms with Crippen LogP contribution < -0.4 is 0 Å². The molecule has 0 spiro atoms. The van der Waals surface area contributed by atoms with Gasteiger partial charge in [-0.05, 0) is 26.7 Å². The highest BCUT2D eigenvalue weighted by Crippen LogP contribution is 2.04. The average molecular weight is 186 g/mol. The van der Waals surface area contributed by atoms with E-state index in [1.165, 1.54) is 6.92 Å². The lowest BCUT2D eigenvalue weighted by molar-refractivity contribution is -0.145. The van der Waals surface area contributed by atoms with Gasteiger partial charge in [0, 0.05) is 6.92 Å². The Kier molecular flexibility index (Phi) is 6.24. The monoisotopic (exact) mass is 186 g/mol. The molecule has 0 radical (unpaired) electrons. The van der Waals surface area contributed by atoms with Crippen molar-refractivity contribution < 1.29 is 14.6 Å². The molecule has 0 saturated carbocycles. The fourth-order valence-electron chi connectivity index (χ4n) is 0.971. The molecular weight excluding hydrogens is 168 g/mol. The molecule has 13 heavy (non-hydrogen) atoms. The lowest BCUT2D eigenvalue weighted by Crippen LogP contribution is -2.11. The van der Waals surface area contributed by atoms with E-state index in [0.717, 1.165) is 18.4 Å². The third-order valence-corrected chi connectivity index (χ3v) is 1.68. The second-order valence-electron chi connectivity index (χ2n) is 3.21. The van der Waals surface area contributed by atoms with Crippen molar-refractivity contribution in [2.45, 2.75) is 39.7 Å². The van der Waals surface area contributed by atoms with Crippen LogP contribution >= 0.6 is 0 Å². The number of aliphatic hydroxyl groups is 1. The number of carbonyl (C=O) groups excluding carboxylic acids is 1. The molecule has 3 nitrogen and oxygen atoms in total. The van der Waals surface area contributed by atoms with Crippen LogP contribution in [0.1, 0.15) is 33.6 Å². The van der Waals surface area contributed by atoms with Gasteiger partial charge in [0.2, 0.25) is 0 Å². The van der Waals surface area contributed by atoms with Crippen LogP contribution in [0.15, 0.2) is 11.6 Å². The van der Waals surface area contributed by atoms with Crippen molar-refractivity contribution in [2.24, 2.45) is 0 Å². The van der Waals surface area contributed by atoms with Crippen LogP contribution in [0, 0.1) is 0 Å². The van der Waals surface area contributed by atoms with E-state index in [0.29, 0.717) is 0 Å². The predicted octanol–water partition coefficient (Wildman–Crippen LogP) is 1.66. The van der Waals surface area contributed by atoms with Crippen molar-refractivity contribution in [3.63, 3.8) is 0 Å². The molecule has 0 rings (SSSR count). The summed E-state index contributed by atoms with van der Waals surface area (Å²) in [6.07, 6.45) is 3.55. The van der Waals surface area contributed by atoms with Gasteiger partial charge in [0.1, 0.15) is 0 Å². The zero-order valence-corrected chi connectivity index (χ0v) is 8.54. The molecule has 76 valence electrons. The highest BCUT2D eigenvalue weighted by molar-refractivity contribution is 5.66. The van der Waals surface area contributed by atoms with Gasteiger partial charge in [-0.1, -0.05) is 11.6 Å². The van der Waals surface area contributed by atoms with Gasteiger partial charge >= 0.3 is 5.97 Å². The molecular formula is C10H18O3. The van der Waals surface area contributed by atoms with Gasteiger partial charge in [-0.2, -0.15) is 0 Å². The third-order valence-electron chi connectivity index (χ3n) is 1.68. The summed E-state index contributed by atoms with van der Waals surface area (Å²) in [4.78, 5) is 10.5. The normalized spacial score (nSPS) is 14.0. The van der Waals surface area contributed by atoms with Crippen molar-refractivity contribution in [2.75, 3.05) is 6.61 Å². The summed E-state index contributed by atoms with van der Waals surface area (Å²) in [5.74, 6) is -0.240. The summed E-state index contributed by atoms with van der Waals surface area (Å²) >= 11 is 0. The molecule has 1 N–H and O–H groups in total. The Bertz CT molecular complexity index is 185. The van der Waals surface area contributed by atoms with Crippen molar-refractivity contribution in [1.82, 2.24) is 0 Å². The fourth-order valence-corrected chi connectivity index (χ4v) is 0.971. The molecule has 0 bridgehead atoms.